The lowest BCUT2D eigenvalue weighted by Crippen LogP contribution is -3.14. The van der Waals surface area contributed by atoms with Crippen LogP contribution in [0.5, 0.6) is 0 Å². The first kappa shape index (κ1) is 17.7. The molecule has 2 heterocycles. The van der Waals surface area contributed by atoms with Gasteiger partial charge in [0.25, 0.3) is 5.91 Å². The number of fused-ring (bicyclic) bond motifs is 1. The molecule has 0 unspecified atom stereocenters. The number of quaternary nitrogens is 1. The molecule has 0 aliphatic carbocycles. The average Bonchev–Trinajstić information content (AvgIpc) is 3.13. The summed E-state index contributed by atoms with van der Waals surface area (Å²) in [6.07, 6.45) is 2.61. The fraction of sp³-hybridized carbons (Fsp3) is 0.364. The molecular formula is C22H26N3O2+. The van der Waals surface area contributed by atoms with Crippen LogP contribution >= 0.6 is 0 Å². The number of nitrogens with zero attached hydrogens (tertiary/aromatic N) is 1. The Morgan fingerprint density at radius 2 is 1.70 bits per heavy atom. The molecule has 0 atom stereocenters. The van der Waals surface area contributed by atoms with E-state index in [2.05, 4.69) is 11.4 Å². The van der Waals surface area contributed by atoms with Crippen molar-refractivity contribution in [2.45, 2.75) is 19.3 Å². The molecule has 0 saturated carbocycles. The number of carbonyl (C=O) groups is 2. The van der Waals surface area contributed by atoms with E-state index in [0.717, 1.165) is 50.3 Å². The molecule has 0 radical (unpaired) electrons. The molecule has 2 aliphatic rings. The highest BCUT2D eigenvalue weighted by Gasteiger charge is 2.31. The first-order valence-corrected chi connectivity index (χ1v) is 9.78. The number of piperidine rings is 1. The van der Waals surface area contributed by atoms with E-state index < -0.39 is 0 Å². The number of benzene rings is 2. The Morgan fingerprint density at radius 3 is 2.48 bits per heavy atom. The maximum absolute atomic E-state index is 12.8. The summed E-state index contributed by atoms with van der Waals surface area (Å²) in [7, 11) is 0. The van der Waals surface area contributed by atoms with Gasteiger partial charge < -0.3 is 15.1 Å². The largest absolute Gasteiger partial charge is 0.327 e. The van der Waals surface area contributed by atoms with Crippen LogP contribution in [0.3, 0.4) is 0 Å². The van der Waals surface area contributed by atoms with Gasteiger partial charge >= 0.3 is 0 Å². The quantitative estimate of drug-likeness (QED) is 0.864. The number of carbonyl (C=O) groups excluding carboxylic acids is 2. The summed E-state index contributed by atoms with van der Waals surface area (Å²) in [5.41, 5.74) is 3.18. The molecule has 5 heteroatoms. The van der Waals surface area contributed by atoms with Crippen molar-refractivity contribution in [3.8, 4) is 0 Å². The molecular weight excluding hydrogens is 338 g/mol. The van der Waals surface area contributed by atoms with E-state index >= 15 is 0 Å². The molecule has 1 saturated heterocycles. The van der Waals surface area contributed by atoms with Crippen LogP contribution in [0.25, 0.3) is 0 Å². The summed E-state index contributed by atoms with van der Waals surface area (Å²) in [6, 6.07) is 17.8. The predicted molar refractivity (Wildman–Crippen MR) is 106 cm³/mol. The van der Waals surface area contributed by atoms with Gasteiger partial charge in [-0.15, -0.1) is 0 Å². The van der Waals surface area contributed by atoms with Crippen LogP contribution in [-0.4, -0.2) is 38.0 Å². The summed E-state index contributed by atoms with van der Waals surface area (Å²) in [6.45, 7) is 3.04. The second-order valence-electron chi connectivity index (χ2n) is 7.48. The maximum atomic E-state index is 12.8. The first-order valence-electron chi connectivity index (χ1n) is 9.78. The van der Waals surface area contributed by atoms with E-state index in [9.17, 15) is 9.59 Å². The molecule has 1 fully saturated rings. The topological polar surface area (TPSA) is 53.9 Å². The Bertz CT molecular complexity index is 813. The number of hydrogen-bond donors (Lipinski definition) is 2. The zero-order valence-corrected chi connectivity index (χ0v) is 15.5. The summed E-state index contributed by atoms with van der Waals surface area (Å²) >= 11 is 0. The highest BCUT2D eigenvalue weighted by molar-refractivity contribution is 5.96. The lowest BCUT2D eigenvalue weighted by molar-refractivity contribution is -0.897. The Balaban J connectivity index is 1.27. The maximum Gasteiger partial charge on any atom is 0.282 e. The van der Waals surface area contributed by atoms with Crippen LogP contribution < -0.4 is 15.1 Å². The van der Waals surface area contributed by atoms with Gasteiger partial charge in [0, 0.05) is 36.7 Å². The van der Waals surface area contributed by atoms with Crippen molar-refractivity contribution in [1.29, 1.82) is 0 Å². The number of amides is 2. The Kier molecular flexibility index (Phi) is 5.21. The Labute approximate surface area is 160 Å². The second kappa shape index (κ2) is 7.92. The summed E-state index contributed by atoms with van der Waals surface area (Å²) < 4.78 is 0. The van der Waals surface area contributed by atoms with Crippen molar-refractivity contribution in [1.82, 2.24) is 0 Å². The van der Waals surface area contributed by atoms with Gasteiger partial charge in [0.05, 0.1) is 13.1 Å². The van der Waals surface area contributed by atoms with Gasteiger partial charge in [-0.3, -0.25) is 9.59 Å². The van der Waals surface area contributed by atoms with Gasteiger partial charge in [-0.2, -0.15) is 0 Å². The fourth-order valence-electron chi connectivity index (χ4n) is 4.14. The summed E-state index contributed by atoms with van der Waals surface area (Å²) in [5.74, 6) is 0.332. The van der Waals surface area contributed by atoms with Crippen LogP contribution in [0.4, 0.5) is 11.4 Å². The minimum absolute atomic E-state index is 0.0385. The number of para-hydroxylation sites is 2. The van der Waals surface area contributed by atoms with Gasteiger partial charge in [-0.1, -0.05) is 36.4 Å². The fourth-order valence-corrected chi connectivity index (χ4v) is 4.14. The van der Waals surface area contributed by atoms with Crippen LogP contribution in [0.1, 0.15) is 18.4 Å². The molecule has 5 nitrogen and oxygen atoms in total. The number of rotatable bonds is 4. The monoisotopic (exact) mass is 364 g/mol. The van der Waals surface area contributed by atoms with E-state index in [-0.39, 0.29) is 17.7 Å². The lowest BCUT2D eigenvalue weighted by atomic mass is 9.95. The molecule has 0 bridgehead atoms. The van der Waals surface area contributed by atoms with Crippen LogP contribution in [0.2, 0.25) is 0 Å². The van der Waals surface area contributed by atoms with Crippen molar-refractivity contribution in [3.63, 3.8) is 0 Å². The van der Waals surface area contributed by atoms with Gasteiger partial charge in [0.2, 0.25) is 5.91 Å². The predicted octanol–water partition coefficient (Wildman–Crippen LogP) is 1.51. The highest BCUT2D eigenvalue weighted by atomic mass is 16.2. The zero-order valence-electron chi connectivity index (χ0n) is 15.5. The smallest absolute Gasteiger partial charge is 0.282 e. The molecule has 2 amide bonds. The van der Waals surface area contributed by atoms with Gasteiger partial charge in [0.15, 0.2) is 6.54 Å². The lowest BCUT2D eigenvalue weighted by Gasteiger charge is -2.29. The molecule has 0 spiro atoms. The van der Waals surface area contributed by atoms with Crippen LogP contribution in [0.15, 0.2) is 54.6 Å². The van der Waals surface area contributed by atoms with Crippen molar-refractivity contribution in [2.24, 2.45) is 5.92 Å². The third-order valence-corrected chi connectivity index (χ3v) is 5.69. The number of anilines is 2. The molecule has 4 rings (SSSR count). The standard InChI is InChI=1S/C22H25N3O2/c26-21(25-15-12-17-6-4-5-9-20(17)25)16-24-13-10-18(11-14-24)22(27)23-19-7-2-1-3-8-19/h1-9,18H,10-16H2,(H,23,27)/p+1. The van der Waals surface area contributed by atoms with Crippen molar-refractivity contribution < 1.29 is 14.5 Å². The number of nitrogens with one attached hydrogen (secondary N) is 2. The molecule has 27 heavy (non-hydrogen) atoms. The number of likely N-dealkylation sites (tertiary alicyclic amines) is 1. The first-order chi connectivity index (χ1) is 13.2. The van der Waals surface area contributed by atoms with Crippen LogP contribution in [0, 0.1) is 5.92 Å². The van der Waals surface area contributed by atoms with Crippen molar-refractivity contribution in [3.05, 3.63) is 60.2 Å². The third kappa shape index (κ3) is 4.03. The molecule has 2 aliphatic heterocycles. The minimum atomic E-state index is 0.0385. The van der Waals surface area contributed by atoms with E-state index in [0.29, 0.717) is 6.54 Å². The molecule has 2 N–H and O–H groups in total. The number of hydrogen-bond acceptors (Lipinski definition) is 2. The SMILES string of the molecule is O=C(Nc1ccccc1)C1CC[NH+](CC(=O)N2CCc3ccccc32)CC1. The summed E-state index contributed by atoms with van der Waals surface area (Å²) in [5, 5.41) is 3.00. The summed E-state index contributed by atoms with van der Waals surface area (Å²) in [4.78, 5) is 28.4. The highest BCUT2D eigenvalue weighted by Crippen LogP contribution is 2.27. The molecule has 2 aromatic carbocycles. The molecule has 2 aromatic rings. The van der Waals surface area contributed by atoms with E-state index in [1.807, 2.05) is 53.4 Å². The third-order valence-electron chi connectivity index (χ3n) is 5.69. The van der Waals surface area contributed by atoms with Gasteiger partial charge in [-0.05, 0) is 30.2 Å². The van der Waals surface area contributed by atoms with Crippen molar-refractivity contribution >= 4 is 23.2 Å². The van der Waals surface area contributed by atoms with E-state index in [4.69, 9.17) is 0 Å². The average molecular weight is 364 g/mol. The second-order valence-corrected chi connectivity index (χ2v) is 7.48. The van der Waals surface area contributed by atoms with Crippen molar-refractivity contribution in [2.75, 3.05) is 36.4 Å². The Morgan fingerprint density at radius 1 is 1.00 bits per heavy atom. The molecule has 140 valence electrons. The van der Waals surface area contributed by atoms with E-state index in [1.165, 1.54) is 10.5 Å². The van der Waals surface area contributed by atoms with Gasteiger partial charge in [0.1, 0.15) is 0 Å². The zero-order chi connectivity index (χ0) is 18.6. The minimum Gasteiger partial charge on any atom is -0.327 e. The normalized spacial score (nSPS) is 21.6. The van der Waals surface area contributed by atoms with Gasteiger partial charge in [-0.25, -0.2) is 0 Å². The Hall–Kier alpha value is -2.66. The van der Waals surface area contributed by atoms with Crippen LogP contribution in [-0.2, 0) is 16.0 Å². The molecule has 0 aromatic heterocycles. The van der Waals surface area contributed by atoms with E-state index in [1.54, 1.807) is 0 Å².